The summed E-state index contributed by atoms with van der Waals surface area (Å²) >= 11 is 0. The molecule has 2 atom stereocenters. The molecule has 4 nitrogen and oxygen atoms in total. The average molecular weight is 301 g/mol. The number of aliphatic hydroxyl groups is 1. The maximum atomic E-state index is 12.9. The Hall–Kier alpha value is -0.980. The normalized spacial score (nSPS) is 23.1. The molecule has 0 saturated carbocycles. The zero-order chi connectivity index (χ0) is 14.8. The second-order valence-corrected chi connectivity index (χ2v) is 7.44. The fourth-order valence-electron chi connectivity index (χ4n) is 2.61. The van der Waals surface area contributed by atoms with Crippen LogP contribution in [0.4, 0.5) is 4.39 Å². The SMILES string of the molecule is CCN(CC(O)c1ccc(F)cc1)C1CCS(=O)(=O)C1. The summed E-state index contributed by atoms with van der Waals surface area (Å²) < 4.78 is 35.9. The molecule has 0 amide bonds. The number of rotatable bonds is 5. The van der Waals surface area contributed by atoms with Gasteiger partial charge in [0.05, 0.1) is 17.6 Å². The molecule has 2 rings (SSSR count). The molecule has 0 spiro atoms. The van der Waals surface area contributed by atoms with E-state index in [2.05, 4.69) is 0 Å². The lowest BCUT2D eigenvalue weighted by Gasteiger charge is -2.28. The van der Waals surface area contributed by atoms with Gasteiger partial charge in [-0.3, -0.25) is 4.90 Å². The fourth-order valence-corrected chi connectivity index (χ4v) is 4.37. The molecule has 1 saturated heterocycles. The third-order valence-electron chi connectivity index (χ3n) is 3.79. The number of nitrogens with zero attached hydrogens (tertiary/aromatic N) is 1. The van der Waals surface area contributed by atoms with Gasteiger partial charge in [0.25, 0.3) is 0 Å². The van der Waals surface area contributed by atoms with Crippen LogP contribution in [-0.2, 0) is 9.84 Å². The highest BCUT2D eigenvalue weighted by Gasteiger charge is 2.32. The van der Waals surface area contributed by atoms with Gasteiger partial charge in [-0.25, -0.2) is 12.8 Å². The number of aliphatic hydroxyl groups excluding tert-OH is 1. The van der Waals surface area contributed by atoms with Gasteiger partial charge < -0.3 is 5.11 Å². The minimum atomic E-state index is -2.93. The predicted octanol–water partition coefficient (Wildman–Crippen LogP) is 1.37. The molecule has 1 aliphatic heterocycles. The van der Waals surface area contributed by atoms with Crippen LogP contribution in [0, 0.1) is 5.82 Å². The lowest BCUT2D eigenvalue weighted by atomic mass is 10.1. The Balaban J connectivity index is 2.01. The van der Waals surface area contributed by atoms with Crippen LogP contribution in [0.2, 0.25) is 0 Å². The lowest BCUT2D eigenvalue weighted by molar-refractivity contribution is 0.0962. The molecule has 112 valence electrons. The highest BCUT2D eigenvalue weighted by molar-refractivity contribution is 7.91. The van der Waals surface area contributed by atoms with Crippen LogP contribution in [0.5, 0.6) is 0 Å². The molecular weight excluding hydrogens is 281 g/mol. The molecule has 1 aromatic rings. The maximum absolute atomic E-state index is 12.9. The molecule has 0 radical (unpaired) electrons. The van der Waals surface area contributed by atoms with Crippen LogP contribution in [-0.4, -0.2) is 49.1 Å². The third-order valence-corrected chi connectivity index (χ3v) is 5.54. The van der Waals surface area contributed by atoms with Crippen molar-refractivity contribution < 1.29 is 17.9 Å². The maximum Gasteiger partial charge on any atom is 0.151 e. The minimum Gasteiger partial charge on any atom is -0.387 e. The Morgan fingerprint density at radius 2 is 2.05 bits per heavy atom. The topological polar surface area (TPSA) is 57.6 Å². The van der Waals surface area contributed by atoms with E-state index in [0.29, 0.717) is 25.1 Å². The van der Waals surface area contributed by atoms with Crippen LogP contribution >= 0.6 is 0 Å². The zero-order valence-corrected chi connectivity index (χ0v) is 12.3. The second kappa shape index (κ2) is 6.20. The first-order valence-electron chi connectivity index (χ1n) is 6.79. The number of likely N-dealkylation sites (N-methyl/N-ethyl adjacent to an activating group) is 1. The Morgan fingerprint density at radius 3 is 2.55 bits per heavy atom. The number of sulfone groups is 1. The summed E-state index contributed by atoms with van der Waals surface area (Å²) in [6.07, 6.45) is -0.120. The molecule has 1 fully saturated rings. The zero-order valence-electron chi connectivity index (χ0n) is 11.5. The van der Waals surface area contributed by atoms with Crippen molar-refractivity contribution in [3.8, 4) is 0 Å². The summed E-state index contributed by atoms with van der Waals surface area (Å²) in [4.78, 5) is 1.98. The van der Waals surface area contributed by atoms with Gasteiger partial charge in [0.15, 0.2) is 9.84 Å². The number of hydrogen-bond acceptors (Lipinski definition) is 4. The molecule has 0 aliphatic carbocycles. The highest BCUT2D eigenvalue weighted by Crippen LogP contribution is 2.21. The van der Waals surface area contributed by atoms with Crippen molar-refractivity contribution in [3.05, 3.63) is 35.6 Å². The number of hydrogen-bond donors (Lipinski definition) is 1. The van der Waals surface area contributed by atoms with E-state index in [-0.39, 0.29) is 23.4 Å². The van der Waals surface area contributed by atoms with Gasteiger partial charge in [-0.05, 0) is 30.7 Å². The average Bonchev–Trinajstić information content (AvgIpc) is 2.76. The van der Waals surface area contributed by atoms with Gasteiger partial charge in [-0.2, -0.15) is 0 Å². The minimum absolute atomic E-state index is 0.0277. The van der Waals surface area contributed by atoms with Crippen LogP contribution in [0.15, 0.2) is 24.3 Å². The Kier molecular flexibility index (Phi) is 4.78. The van der Waals surface area contributed by atoms with Gasteiger partial charge in [0.2, 0.25) is 0 Å². The van der Waals surface area contributed by atoms with Crippen molar-refractivity contribution in [3.63, 3.8) is 0 Å². The summed E-state index contributed by atoms with van der Waals surface area (Å²) in [5.74, 6) is 0.0489. The molecule has 6 heteroatoms. The summed E-state index contributed by atoms with van der Waals surface area (Å²) in [5, 5.41) is 10.2. The second-order valence-electron chi connectivity index (χ2n) is 5.21. The summed E-state index contributed by atoms with van der Waals surface area (Å²) in [7, 11) is -2.93. The monoisotopic (exact) mass is 301 g/mol. The van der Waals surface area contributed by atoms with E-state index in [0.717, 1.165) is 0 Å². The van der Waals surface area contributed by atoms with E-state index >= 15 is 0 Å². The molecule has 20 heavy (non-hydrogen) atoms. The fraction of sp³-hybridized carbons (Fsp3) is 0.571. The van der Waals surface area contributed by atoms with E-state index < -0.39 is 15.9 Å². The summed E-state index contributed by atoms with van der Waals surface area (Å²) in [6.45, 7) is 2.99. The van der Waals surface area contributed by atoms with Crippen molar-refractivity contribution in [2.24, 2.45) is 0 Å². The largest absolute Gasteiger partial charge is 0.387 e. The molecule has 2 unspecified atom stereocenters. The van der Waals surface area contributed by atoms with Gasteiger partial charge in [0, 0.05) is 12.6 Å². The van der Waals surface area contributed by atoms with E-state index in [1.807, 2.05) is 11.8 Å². The Morgan fingerprint density at radius 1 is 1.40 bits per heavy atom. The molecule has 0 bridgehead atoms. The van der Waals surface area contributed by atoms with Gasteiger partial charge >= 0.3 is 0 Å². The van der Waals surface area contributed by atoms with Gasteiger partial charge in [-0.1, -0.05) is 19.1 Å². The number of benzene rings is 1. The van der Waals surface area contributed by atoms with E-state index in [4.69, 9.17) is 0 Å². The Labute approximate surface area is 119 Å². The molecule has 0 aromatic heterocycles. The predicted molar refractivity (Wildman–Crippen MR) is 75.7 cm³/mol. The first kappa shape index (κ1) is 15.4. The first-order chi connectivity index (χ1) is 9.41. The molecular formula is C14H20FNO3S. The number of halogens is 1. The molecule has 1 heterocycles. The molecule has 1 aromatic carbocycles. The first-order valence-corrected chi connectivity index (χ1v) is 8.61. The van der Waals surface area contributed by atoms with E-state index in [1.165, 1.54) is 12.1 Å². The third kappa shape index (κ3) is 3.77. The van der Waals surface area contributed by atoms with Crippen molar-refractivity contribution >= 4 is 9.84 Å². The lowest BCUT2D eigenvalue weighted by Crippen LogP contribution is -2.39. The van der Waals surface area contributed by atoms with Crippen LogP contribution in [0.1, 0.15) is 25.0 Å². The quantitative estimate of drug-likeness (QED) is 0.892. The smallest absolute Gasteiger partial charge is 0.151 e. The van der Waals surface area contributed by atoms with Gasteiger partial charge in [-0.15, -0.1) is 0 Å². The highest BCUT2D eigenvalue weighted by atomic mass is 32.2. The standard InChI is InChI=1S/C14H20FNO3S/c1-2-16(13-7-8-20(18,19)10-13)9-14(17)11-3-5-12(15)6-4-11/h3-6,13-14,17H,2,7-10H2,1H3. The van der Waals surface area contributed by atoms with Crippen LogP contribution < -0.4 is 0 Å². The van der Waals surface area contributed by atoms with Gasteiger partial charge in [0.1, 0.15) is 5.82 Å². The summed E-state index contributed by atoms with van der Waals surface area (Å²) in [6, 6.07) is 5.71. The van der Waals surface area contributed by atoms with Crippen molar-refractivity contribution in [1.82, 2.24) is 4.90 Å². The van der Waals surface area contributed by atoms with Crippen LogP contribution in [0.3, 0.4) is 0 Å². The van der Waals surface area contributed by atoms with Crippen molar-refractivity contribution in [2.45, 2.75) is 25.5 Å². The Bertz CT molecular complexity index is 544. The molecule has 1 N–H and O–H groups in total. The van der Waals surface area contributed by atoms with E-state index in [9.17, 15) is 17.9 Å². The van der Waals surface area contributed by atoms with Crippen molar-refractivity contribution in [1.29, 1.82) is 0 Å². The molecule has 1 aliphatic rings. The van der Waals surface area contributed by atoms with Crippen LogP contribution in [0.25, 0.3) is 0 Å². The van der Waals surface area contributed by atoms with Crippen molar-refractivity contribution in [2.75, 3.05) is 24.6 Å². The summed E-state index contributed by atoms with van der Waals surface area (Å²) in [5.41, 5.74) is 0.644. The van der Waals surface area contributed by atoms with E-state index in [1.54, 1.807) is 12.1 Å².